The topological polar surface area (TPSA) is 46.8 Å². The van der Waals surface area contributed by atoms with E-state index in [1.54, 1.807) is 16.7 Å². The summed E-state index contributed by atoms with van der Waals surface area (Å²) in [4.78, 5) is 4.43. The lowest BCUT2D eigenvalue weighted by molar-refractivity contribution is -0.137. The summed E-state index contributed by atoms with van der Waals surface area (Å²) in [5.74, 6) is 5.67. The van der Waals surface area contributed by atoms with Gasteiger partial charge in [0.15, 0.2) is 0 Å². The second-order valence-electron chi connectivity index (χ2n) is 5.44. The quantitative estimate of drug-likeness (QED) is 0.574. The van der Waals surface area contributed by atoms with Crippen molar-refractivity contribution >= 4 is 5.65 Å². The number of fused-ring (bicyclic) bond motifs is 1. The molecule has 0 aliphatic heterocycles. The molecule has 0 aliphatic rings. The lowest BCUT2D eigenvalue weighted by Gasteiger charge is -2.05. The van der Waals surface area contributed by atoms with E-state index in [1.807, 2.05) is 12.1 Å². The molecule has 4 nitrogen and oxygen atoms in total. The van der Waals surface area contributed by atoms with Crippen LogP contribution in [0, 0.1) is 11.8 Å². The molecule has 3 aromatic rings. The first-order valence-corrected chi connectivity index (χ1v) is 7.83. The zero-order chi connectivity index (χ0) is 18.6. The van der Waals surface area contributed by atoms with Crippen LogP contribution >= 0.6 is 0 Å². The molecule has 2 heterocycles. The van der Waals surface area contributed by atoms with Gasteiger partial charge in [0.25, 0.3) is 0 Å². The summed E-state index contributed by atoms with van der Waals surface area (Å²) in [6.07, 6.45) is -2.64. The number of aliphatic hydroxyl groups is 1. The Labute approximate surface area is 147 Å². The SMILES string of the molecule is OCCOCc1nc2ccccn2c1C#Cc1cccc(C(F)(F)F)c1. The summed E-state index contributed by atoms with van der Waals surface area (Å²) in [5, 5.41) is 8.83. The van der Waals surface area contributed by atoms with Crippen LogP contribution in [0.3, 0.4) is 0 Å². The normalized spacial score (nSPS) is 11.4. The van der Waals surface area contributed by atoms with E-state index in [-0.39, 0.29) is 25.4 Å². The maximum Gasteiger partial charge on any atom is 0.416 e. The number of aromatic nitrogens is 2. The minimum absolute atomic E-state index is 0.112. The van der Waals surface area contributed by atoms with Crippen LogP contribution in [0.1, 0.15) is 22.5 Å². The summed E-state index contributed by atoms with van der Waals surface area (Å²) in [5.41, 5.74) is 1.27. The summed E-state index contributed by atoms with van der Waals surface area (Å²) in [6.45, 7) is 0.196. The van der Waals surface area contributed by atoms with Crippen LogP contribution in [0.5, 0.6) is 0 Å². The minimum Gasteiger partial charge on any atom is -0.394 e. The first-order valence-electron chi connectivity index (χ1n) is 7.83. The van der Waals surface area contributed by atoms with Gasteiger partial charge in [-0.25, -0.2) is 4.98 Å². The smallest absolute Gasteiger partial charge is 0.394 e. The molecular weight excluding hydrogens is 345 g/mol. The highest BCUT2D eigenvalue weighted by atomic mass is 19.4. The summed E-state index contributed by atoms with van der Waals surface area (Å²) in [6, 6.07) is 10.3. The number of hydrogen-bond donors (Lipinski definition) is 1. The van der Waals surface area contributed by atoms with Gasteiger partial charge in [0.05, 0.1) is 25.4 Å². The second-order valence-corrected chi connectivity index (χ2v) is 5.44. The van der Waals surface area contributed by atoms with Gasteiger partial charge in [0.2, 0.25) is 0 Å². The molecule has 1 N–H and O–H groups in total. The van der Waals surface area contributed by atoms with Crippen molar-refractivity contribution in [2.75, 3.05) is 13.2 Å². The number of nitrogens with zero attached hydrogens (tertiary/aromatic N) is 2. The molecule has 2 aromatic heterocycles. The Morgan fingerprint density at radius 1 is 1.12 bits per heavy atom. The zero-order valence-corrected chi connectivity index (χ0v) is 13.6. The van der Waals surface area contributed by atoms with Gasteiger partial charge in [-0.3, -0.25) is 4.40 Å². The third-order valence-corrected chi connectivity index (χ3v) is 3.59. The molecule has 0 fully saturated rings. The van der Waals surface area contributed by atoms with Crippen molar-refractivity contribution in [3.05, 3.63) is 71.2 Å². The van der Waals surface area contributed by atoms with Crippen LogP contribution in [0.25, 0.3) is 5.65 Å². The molecule has 134 valence electrons. The number of rotatable bonds is 4. The second kappa shape index (κ2) is 7.60. The Morgan fingerprint density at radius 3 is 2.73 bits per heavy atom. The molecule has 0 saturated heterocycles. The number of ether oxygens (including phenoxy) is 1. The van der Waals surface area contributed by atoms with Gasteiger partial charge >= 0.3 is 6.18 Å². The average molecular weight is 360 g/mol. The first kappa shape index (κ1) is 18.0. The Kier molecular flexibility index (Phi) is 5.26. The van der Waals surface area contributed by atoms with Crippen molar-refractivity contribution in [3.8, 4) is 11.8 Å². The summed E-state index contributed by atoms with van der Waals surface area (Å²) in [7, 11) is 0. The van der Waals surface area contributed by atoms with E-state index in [4.69, 9.17) is 9.84 Å². The van der Waals surface area contributed by atoms with E-state index in [1.165, 1.54) is 12.1 Å². The lowest BCUT2D eigenvalue weighted by atomic mass is 10.1. The molecule has 0 spiro atoms. The number of alkyl halides is 3. The van der Waals surface area contributed by atoms with Crippen molar-refractivity contribution in [1.29, 1.82) is 0 Å². The maximum absolute atomic E-state index is 12.8. The third-order valence-electron chi connectivity index (χ3n) is 3.59. The summed E-state index contributed by atoms with van der Waals surface area (Å²) >= 11 is 0. The molecule has 0 radical (unpaired) electrons. The van der Waals surface area contributed by atoms with Crippen molar-refractivity contribution in [2.45, 2.75) is 12.8 Å². The number of pyridine rings is 1. The fourth-order valence-electron chi connectivity index (χ4n) is 2.42. The zero-order valence-electron chi connectivity index (χ0n) is 13.6. The fourth-order valence-corrected chi connectivity index (χ4v) is 2.42. The first-order chi connectivity index (χ1) is 12.5. The predicted molar refractivity (Wildman–Crippen MR) is 89.4 cm³/mol. The molecule has 26 heavy (non-hydrogen) atoms. The largest absolute Gasteiger partial charge is 0.416 e. The lowest BCUT2D eigenvalue weighted by Crippen LogP contribution is -2.04. The average Bonchev–Trinajstić information content (AvgIpc) is 2.97. The Morgan fingerprint density at radius 2 is 1.96 bits per heavy atom. The van der Waals surface area contributed by atoms with Crippen LogP contribution in [-0.2, 0) is 17.5 Å². The molecular formula is C19H15F3N2O2. The molecule has 0 saturated carbocycles. The van der Waals surface area contributed by atoms with E-state index in [0.29, 0.717) is 17.0 Å². The number of halogens is 3. The van der Waals surface area contributed by atoms with Crippen LogP contribution < -0.4 is 0 Å². The molecule has 0 aliphatic carbocycles. The van der Waals surface area contributed by atoms with Crippen molar-refractivity contribution in [2.24, 2.45) is 0 Å². The molecule has 0 atom stereocenters. The number of aliphatic hydroxyl groups excluding tert-OH is 1. The summed E-state index contributed by atoms with van der Waals surface area (Å²) < 4.78 is 45.5. The monoisotopic (exact) mass is 360 g/mol. The molecule has 0 amide bonds. The van der Waals surface area contributed by atoms with Gasteiger partial charge < -0.3 is 9.84 Å². The van der Waals surface area contributed by atoms with Crippen LogP contribution in [0.15, 0.2) is 48.7 Å². The predicted octanol–water partition coefficient (Wildman–Crippen LogP) is 3.26. The van der Waals surface area contributed by atoms with E-state index in [9.17, 15) is 13.2 Å². The van der Waals surface area contributed by atoms with Crippen molar-refractivity contribution in [3.63, 3.8) is 0 Å². The van der Waals surface area contributed by atoms with Crippen molar-refractivity contribution in [1.82, 2.24) is 9.38 Å². The molecule has 1 aromatic carbocycles. The highest BCUT2D eigenvalue weighted by Crippen LogP contribution is 2.29. The van der Waals surface area contributed by atoms with Crippen molar-refractivity contribution < 1.29 is 23.0 Å². The third kappa shape index (κ3) is 4.04. The van der Waals surface area contributed by atoms with E-state index >= 15 is 0 Å². The minimum atomic E-state index is -4.41. The van der Waals surface area contributed by atoms with Gasteiger partial charge in [0, 0.05) is 11.8 Å². The molecule has 0 unspecified atom stereocenters. The standard InChI is InChI=1S/C19H15F3N2O2/c20-19(21,22)15-5-3-4-14(12-15)7-8-17-16(13-26-11-10-25)23-18-6-1-2-9-24(17)18/h1-6,9,12,25H,10-11,13H2. The molecule has 0 bridgehead atoms. The Hall–Kier alpha value is -2.82. The highest BCUT2D eigenvalue weighted by molar-refractivity contribution is 5.51. The number of benzene rings is 1. The van der Waals surface area contributed by atoms with E-state index in [2.05, 4.69) is 16.8 Å². The van der Waals surface area contributed by atoms with Gasteiger partial charge in [-0.15, -0.1) is 0 Å². The van der Waals surface area contributed by atoms with Gasteiger partial charge in [0.1, 0.15) is 17.0 Å². The van der Waals surface area contributed by atoms with E-state index < -0.39 is 11.7 Å². The Balaban J connectivity index is 1.98. The fraction of sp³-hybridized carbons (Fsp3) is 0.211. The maximum atomic E-state index is 12.8. The Bertz CT molecular complexity index is 968. The molecule has 3 rings (SSSR count). The van der Waals surface area contributed by atoms with Gasteiger partial charge in [-0.05, 0) is 36.3 Å². The van der Waals surface area contributed by atoms with E-state index in [0.717, 1.165) is 12.1 Å². The number of hydrogen-bond acceptors (Lipinski definition) is 3. The van der Waals surface area contributed by atoms with Gasteiger partial charge in [-0.1, -0.05) is 18.1 Å². The molecule has 7 heteroatoms. The van der Waals surface area contributed by atoms with Crippen LogP contribution in [0.2, 0.25) is 0 Å². The number of imidazole rings is 1. The van der Waals surface area contributed by atoms with Crippen LogP contribution in [0.4, 0.5) is 13.2 Å². The highest BCUT2D eigenvalue weighted by Gasteiger charge is 2.30. The van der Waals surface area contributed by atoms with Gasteiger partial charge in [-0.2, -0.15) is 13.2 Å². The van der Waals surface area contributed by atoms with Crippen LogP contribution in [-0.4, -0.2) is 27.7 Å².